The summed E-state index contributed by atoms with van der Waals surface area (Å²) in [5.74, 6) is -1.57. The quantitative estimate of drug-likeness (QED) is 0.00741. The van der Waals surface area contributed by atoms with E-state index in [2.05, 4.69) is 192 Å². The second-order valence-corrected chi connectivity index (χ2v) is 37.7. The van der Waals surface area contributed by atoms with Crippen LogP contribution < -0.4 is 71.0 Å². The number of nitrogens with two attached hydrogens (primary N) is 6. The molecule has 13 heteroatoms. The van der Waals surface area contributed by atoms with Crippen molar-refractivity contribution in [2.75, 3.05) is 93.8 Å². The summed E-state index contributed by atoms with van der Waals surface area (Å²) in [6, 6.07) is 26.8. The van der Waals surface area contributed by atoms with Crippen LogP contribution in [0.1, 0.15) is 448 Å². The number of rotatable bonds is 76. The molecule has 1 unspecified atom stereocenters. The Morgan fingerprint density at radius 1 is 0.296 bits per heavy atom. The molecule has 704 valence electrons. The first-order valence-corrected chi connectivity index (χ1v) is 52.8. The average molecular weight is 1720 g/mol. The first-order valence-electron chi connectivity index (χ1n) is 52.8. The van der Waals surface area contributed by atoms with E-state index in [9.17, 15) is 5.73 Å². The van der Waals surface area contributed by atoms with Gasteiger partial charge in [0.2, 0.25) is 0 Å². The van der Waals surface area contributed by atoms with Crippen molar-refractivity contribution in [2.45, 2.75) is 455 Å². The van der Waals surface area contributed by atoms with Gasteiger partial charge in [0.15, 0.2) is 5.79 Å². The van der Waals surface area contributed by atoms with Crippen molar-refractivity contribution in [3.8, 4) is 33.4 Å². The Kier molecular flexibility index (Phi) is 54.8. The molecule has 0 amide bonds. The molecule has 6 rings (SSSR count). The lowest BCUT2D eigenvalue weighted by atomic mass is 9.81. The molecule has 0 bridgehead atoms. The molecule has 0 saturated carbocycles. The van der Waals surface area contributed by atoms with Gasteiger partial charge in [-0.3, -0.25) is 11.1 Å². The molecule has 17 N–H and O–H groups in total. The highest BCUT2D eigenvalue weighted by Crippen LogP contribution is 2.61. The number of nitrogen functional groups attached to an aromatic ring is 5. The molecule has 0 aliphatic heterocycles. The minimum atomic E-state index is -1.57. The van der Waals surface area contributed by atoms with Gasteiger partial charge in [0.25, 0.3) is 0 Å². The Morgan fingerprint density at radius 3 is 1.21 bits per heavy atom. The molecule has 0 aliphatic rings. The fraction of sp³-hybridized carbons (Fsp3) is 0.679. The van der Waals surface area contributed by atoms with E-state index in [1.54, 1.807) is 0 Å². The molecule has 0 aliphatic carbocycles. The highest BCUT2D eigenvalue weighted by Gasteiger charge is 2.46. The van der Waals surface area contributed by atoms with Gasteiger partial charge < -0.3 is 54.5 Å². The normalized spacial score (nSPS) is 12.1. The number of unbranched alkanes of at least 4 members (excludes halogenated alkanes) is 45. The van der Waals surface area contributed by atoms with Crippen molar-refractivity contribution >= 4 is 62.6 Å². The largest absolute Gasteiger partial charge is 0.398 e. The van der Waals surface area contributed by atoms with Crippen LogP contribution in [0.3, 0.4) is 0 Å². The summed E-state index contributed by atoms with van der Waals surface area (Å²) in [5.41, 5.74) is 79.8. The van der Waals surface area contributed by atoms with Crippen LogP contribution in [0.25, 0.3) is 33.4 Å². The zero-order valence-electron chi connectivity index (χ0n) is 82.8. The van der Waals surface area contributed by atoms with E-state index in [4.69, 9.17) is 28.7 Å². The van der Waals surface area contributed by atoms with Gasteiger partial charge in [0.1, 0.15) is 0 Å². The van der Waals surface area contributed by atoms with Crippen molar-refractivity contribution in [3.05, 3.63) is 112 Å². The molecule has 0 saturated heterocycles. The standard InChI is InChI=1S/C112H191N13/c1-13-22-31-38-43-46-48-51-56-68-83-120-108-97(91-75-60-59-61-76-91)99(103(114)94(104(108)115)78-63-55-49-47-44-39-32-23-14-2)100-105(116)109(123-96-81-66-65-73-89(96)11)98(92-80-72-74-88(10)90(92)12)111(125(87-70-29-20-8)122-85-30-21-9)110(100)124(86-71-58-52-45-40-33-24-15-3)112(118,121-84-69-57-50-41-34-25-16-4)101-93(77-62-54-42-35-26-17-5)102(113)95(79-64-53-36-27-18-6)107(106(101)117)119-82-67-37-28-19-7/h59-61,65-66,72-76,80-81,119-123H,13-58,62-64,67-71,77-79,82-87,113-118H2,1-12H3. The molecule has 0 aromatic heterocycles. The molecule has 13 nitrogen and oxygen atoms in total. The van der Waals surface area contributed by atoms with Crippen LogP contribution in [0.15, 0.2) is 72.8 Å². The van der Waals surface area contributed by atoms with Crippen molar-refractivity contribution in [1.29, 1.82) is 0 Å². The van der Waals surface area contributed by atoms with E-state index in [-0.39, 0.29) is 0 Å². The average Bonchev–Trinajstić information content (AvgIpc) is 0.701. The van der Waals surface area contributed by atoms with E-state index in [1.165, 1.54) is 210 Å². The first-order chi connectivity index (χ1) is 61.1. The van der Waals surface area contributed by atoms with E-state index in [0.717, 1.165) is 287 Å². The van der Waals surface area contributed by atoms with Crippen LogP contribution >= 0.6 is 0 Å². The Bertz CT molecular complexity index is 3840. The predicted octanol–water partition coefficient (Wildman–Crippen LogP) is 32.4. The van der Waals surface area contributed by atoms with Crippen molar-refractivity contribution in [2.24, 2.45) is 5.73 Å². The van der Waals surface area contributed by atoms with Crippen molar-refractivity contribution in [1.82, 2.24) is 10.7 Å². The van der Waals surface area contributed by atoms with Gasteiger partial charge in [-0.15, -0.1) is 0 Å². The molecule has 0 fully saturated rings. The van der Waals surface area contributed by atoms with Gasteiger partial charge in [-0.2, -0.15) is 0 Å². The molecular weight excluding hydrogens is 1530 g/mol. The fourth-order valence-electron chi connectivity index (χ4n) is 19.2. The van der Waals surface area contributed by atoms with Crippen molar-refractivity contribution in [3.63, 3.8) is 0 Å². The maximum Gasteiger partial charge on any atom is 0.173 e. The molecule has 6 aromatic rings. The number of benzene rings is 6. The van der Waals surface area contributed by atoms with Crippen LogP contribution in [-0.4, -0.2) is 39.3 Å². The molecule has 0 heterocycles. The topological polar surface area (TPSA) is 223 Å². The Morgan fingerprint density at radius 2 is 0.704 bits per heavy atom. The van der Waals surface area contributed by atoms with Gasteiger partial charge >= 0.3 is 0 Å². The molecule has 6 aromatic carbocycles. The van der Waals surface area contributed by atoms with Gasteiger partial charge in [-0.1, -0.05) is 418 Å². The summed E-state index contributed by atoms with van der Waals surface area (Å²) in [6.45, 7) is 31.9. The third-order valence-corrected chi connectivity index (χ3v) is 27.1. The zero-order chi connectivity index (χ0) is 90.1. The highest BCUT2D eigenvalue weighted by atomic mass is 15.5. The number of hydrogen-bond donors (Lipinski definition) is 11. The Hall–Kier alpha value is -6.80. The maximum atomic E-state index is 9.67. The third-order valence-electron chi connectivity index (χ3n) is 27.1. The summed E-state index contributed by atoms with van der Waals surface area (Å²) < 4.78 is 0. The van der Waals surface area contributed by atoms with E-state index in [0.29, 0.717) is 43.1 Å². The number of para-hydroxylation sites is 1. The van der Waals surface area contributed by atoms with Gasteiger partial charge in [0.05, 0.1) is 45.5 Å². The Balaban J connectivity index is 2.06. The molecule has 125 heavy (non-hydrogen) atoms. The van der Waals surface area contributed by atoms with Gasteiger partial charge in [-0.05, 0) is 144 Å². The molecular formula is C112H191N13. The SMILES string of the molecule is CCCCCCCCCCCCNc1c(N)c(CCCCCCCCCCC)c(N)c(-c2c(N)c(Nc3ccccc3C)c(-c3cccc(C)c3C)c(N(CCCCC)NCCCC)c2N(CCCCCCCCCC)C(N)(NCCCCCCCCC)c2c(N)c(NCCCCCC)c(CCCCCCC)c(N)c2CCCCCCCC)c1-c1ccccc1. The molecule has 0 spiro atoms. The Labute approximate surface area is 768 Å². The minimum Gasteiger partial charge on any atom is -0.398 e. The summed E-state index contributed by atoms with van der Waals surface area (Å²) in [7, 11) is 0. The highest BCUT2D eigenvalue weighted by molar-refractivity contribution is 6.17. The predicted molar refractivity (Wildman–Crippen MR) is 560 cm³/mol. The number of anilines is 11. The van der Waals surface area contributed by atoms with E-state index < -0.39 is 5.79 Å². The van der Waals surface area contributed by atoms with E-state index in [1.807, 2.05) is 0 Å². The van der Waals surface area contributed by atoms with E-state index >= 15 is 0 Å². The summed E-state index contributed by atoms with van der Waals surface area (Å²) >= 11 is 0. The molecule has 0 radical (unpaired) electrons. The fourth-order valence-corrected chi connectivity index (χ4v) is 19.2. The summed E-state index contributed by atoms with van der Waals surface area (Å²) in [4.78, 5) is 2.68. The number of nitrogens with zero attached hydrogens (tertiary/aromatic N) is 2. The summed E-state index contributed by atoms with van der Waals surface area (Å²) in [5, 5.41) is 19.9. The van der Waals surface area contributed by atoms with Crippen LogP contribution in [0.4, 0.5) is 62.6 Å². The lowest BCUT2D eigenvalue weighted by Gasteiger charge is -2.49. The van der Waals surface area contributed by atoms with Gasteiger partial charge in [0, 0.05) is 88.7 Å². The monoisotopic (exact) mass is 1720 g/mol. The second-order valence-electron chi connectivity index (χ2n) is 37.7. The number of hydrogen-bond acceptors (Lipinski definition) is 13. The smallest absolute Gasteiger partial charge is 0.173 e. The lowest BCUT2D eigenvalue weighted by Crippen LogP contribution is -2.64. The van der Waals surface area contributed by atoms with Crippen molar-refractivity contribution < 1.29 is 0 Å². The summed E-state index contributed by atoms with van der Waals surface area (Å²) in [6.07, 6.45) is 64.8. The van der Waals surface area contributed by atoms with Crippen LogP contribution in [-0.2, 0) is 25.0 Å². The van der Waals surface area contributed by atoms with Crippen LogP contribution in [0.2, 0.25) is 0 Å². The zero-order valence-corrected chi connectivity index (χ0v) is 82.8. The number of aryl methyl sites for hydroxylation is 2. The maximum absolute atomic E-state index is 9.67. The van der Waals surface area contributed by atoms with Gasteiger partial charge in [-0.25, -0.2) is 5.43 Å². The van der Waals surface area contributed by atoms with Crippen LogP contribution in [0, 0.1) is 20.8 Å². The second kappa shape index (κ2) is 64.0. The first kappa shape index (κ1) is 107. The lowest BCUT2D eigenvalue weighted by molar-refractivity contribution is 0.315. The molecule has 1 atom stereocenters. The minimum absolute atomic E-state index is 0.545. The number of nitrogens with one attached hydrogen (secondary N) is 5. The van der Waals surface area contributed by atoms with Crippen LogP contribution in [0.5, 0.6) is 0 Å². The number of hydrazine groups is 1. The third kappa shape index (κ3) is 34.9.